The quantitative estimate of drug-likeness (QED) is 0.440. The van der Waals surface area contributed by atoms with Crippen molar-refractivity contribution in [1.29, 1.82) is 0 Å². The highest BCUT2D eigenvalue weighted by atomic mass is 127. The van der Waals surface area contributed by atoms with Crippen molar-refractivity contribution in [2.45, 2.75) is 25.7 Å². The van der Waals surface area contributed by atoms with E-state index in [1.165, 1.54) is 0 Å². The van der Waals surface area contributed by atoms with Gasteiger partial charge in [0, 0.05) is 21.2 Å². The van der Waals surface area contributed by atoms with Crippen LogP contribution in [0.25, 0.3) is 0 Å². The second kappa shape index (κ2) is 7.18. The summed E-state index contributed by atoms with van der Waals surface area (Å²) in [6, 6.07) is 0. The van der Waals surface area contributed by atoms with E-state index in [9.17, 15) is 13.6 Å². The third-order valence-corrected chi connectivity index (χ3v) is 3.75. The summed E-state index contributed by atoms with van der Waals surface area (Å²) in [6.07, 6.45) is -1.60. The van der Waals surface area contributed by atoms with Crippen LogP contribution in [0.5, 0.6) is 0 Å². The monoisotopic (exact) mass is 389 g/mol. The van der Waals surface area contributed by atoms with Gasteiger partial charge in [-0.2, -0.15) is 0 Å². The molecule has 1 rings (SSSR count). The molecule has 0 aliphatic carbocycles. The van der Waals surface area contributed by atoms with Crippen LogP contribution < -0.4 is 0 Å². The summed E-state index contributed by atoms with van der Waals surface area (Å²) in [5.41, 5.74) is 0.540. The highest BCUT2D eigenvalue weighted by Gasteiger charge is 2.19. The lowest BCUT2D eigenvalue weighted by molar-refractivity contribution is -0.142. The Balaban J connectivity index is 3.05. The Morgan fingerprint density at radius 1 is 1.61 bits per heavy atom. The minimum atomic E-state index is -2.63. The SMILES string of the molecule is CCOC(=O)Cc1ncc(C(F)F)c(CCl)c1I. The van der Waals surface area contributed by atoms with Crippen LogP contribution in [0.1, 0.15) is 30.2 Å². The van der Waals surface area contributed by atoms with Crippen molar-refractivity contribution < 1.29 is 18.3 Å². The van der Waals surface area contributed by atoms with Crippen LogP contribution >= 0.6 is 34.2 Å². The molecule has 1 heterocycles. The predicted octanol–water partition coefficient (Wildman–Crippen LogP) is 3.47. The normalized spacial score (nSPS) is 10.8. The van der Waals surface area contributed by atoms with Crippen molar-refractivity contribution in [3.63, 3.8) is 0 Å². The van der Waals surface area contributed by atoms with E-state index in [0.29, 0.717) is 14.8 Å². The second-order valence-electron chi connectivity index (χ2n) is 3.37. The Hall–Kier alpha value is -0.500. The molecule has 0 radical (unpaired) electrons. The standard InChI is InChI=1S/C11H11ClF2INO2/c1-2-18-9(17)3-8-10(15)6(4-12)7(5-16-8)11(13)14/h5,11H,2-4H2,1H3. The third-order valence-electron chi connectivity index (χ3n) is 2.21. The lowest BCUT2D eigenvalue weighted by atomic mass is 10.1. The Labute approximate surface area is 122 Å². The number of carbonyl (C=O) groups excluding carboxylic acids is 1. The summed E-state index contributed by atoms with van der Waals surface area (Å²) in [7, 11) is 0. The maximum Gasteiger partial charge on any atom is 0.311 e. The maximum atomic E-state index is 12.7. The van der Waals surface area contributed by atoms with Crippen molar-refractivity contribution in [3.05, 3.63) is 26.6 Å². The number of carbonyl (C=O) groups is 1. The highest BCUT2D eigenvalue weighted by Crippen LogP contribution is 2.29. The number of hydrogen-bond donors (Lipinski definition) is 0. The zero-order valence-corrected chi connectivity index (χ0v) is 12.5. The molecule has 0 atom stereocenters. The molecule has 7 heteroatoms. The molecule has 0 aliphatic heterocycles. The van der Waals surface area contributed by atoms with Gasteiger partial charge in [0.15, 0.2) is 0 Å². The lowest BCUT2D eigenvalue weighted by Gasteiger charge is -2.11. The number of ether oxygens (including phenoxy) is 1. The lowest BCUT2D eigenvalue weighted by Crippen LogP contribution is -2.12. The number of halogens is 4. The van der Waals surface area contributed by atoms with Crippen LogP contribution in [-0.4, -0.2) is 17.6 Å². The van der Waals surface area contributed by atoms with E-state index in [0.717, 1.165) is 6.20 Å². The van der Waals surface area contributed by atoms with Gasteiger partial charge in [0.25, 0.3) is 6.43 Å². The van der Waals surface area contributed by atoms with Gasteiger partial charge in [0.1, 0.15) is 0 Å². The fourth-order valence-corrected chi connectivity index (χ4v) is 2.72. The first-order chi connectivity index (χ1) is 8.51. The van der Waals surface area contributed by atoms with E-state index >= 15 is 0 Å². The summed E-state index contributed by atoms with van der Waals surface area (Å²) < 4.78 is 30.7. The molecule has 3 nitrogen and oxygen atoms in total. The van der Waals surface area contributed by atoms with Gasteiger partial charge in [0.2, 0.25) is 0 Å². The van der Waals surface area contributed by atoms with Crippen LogP contribution in [0.15, 0.2) is 6.20 Å². The van der Waals surface area contributed by atoms with Crippen molar-refractivity contribution >= 4 is 40.2 Å². The van der Waals surface area contributed by atoms with Crippen LogP contribution in [0.3, 0.4) is 0 Å². The Kier molecular flexibility index (Phi) is 6.20. The van der Waals surface area contributed by atoms with Gasteiger partial charge < -0.3 is 4.74 Å². The number of hydrogen-bond acceptors (Lipinski definition) is 3. The average molecular weight is 390 g/mol. The first-order valence-corrected chi connectivity index (χ1v) is 6.78. The fourth-order valence-electron chi connectivity index (χ4n) is 1.38. The molecule has 0 fully saturated rings. The van der Waals surface area contributed by atoms with Crippen molar-refractivity contribution in [1.82, 2.24) is 4.98 Å². The zero-order valence-electron chi connectivity index (χ0n) is 9.55. The van der Waals surface area contributed by atoms with Crippen LogP contribution in [-0.2, 0) is 21.8 Å². The predicted molar refractivity (Wildman–Crippen MR) is 71.8 cm³/mol. The van der Waals surface area contributed by atoms with Gasteiger partial charge in [-0.05, 0) is 35.1 Å². The Morgan fingerprint density at radius 3 is 2.78 bits per heavy atom. The highest BCUT2D eigenvalue weighted by molar-refractivity contribution is 14.1. The molecule has 0 saturated heterocycles. The molecule has 0 aromatic carbocycles. The summed E-state index contributed by atoms with van der Waals surface area (Å²) >= 11 is 7.54. The summed E-state index contributed by atoms with van der Waals surface area (Å²) in [6.45, 7) is 1.97. The summed E-state index contributed by atoms with van der Waals surface area (Å²) in [4.78, 5) is 15.2. The minimum absolute atomic E-state index is 0.0421. The molecule has 1 aromatic heterocycles. The first kappa shape index (κ1) is 15.6. The minimum Gasteiger partial charge on any atom is -0.466 e. The topological polar surface area (TPSA) is 39.2 Å². The molecule has 18 heavy (non-hydrogen) atoms. The Bertz CT molecular complexity index is 443. The molecule has 0 unspecified atom stereocenters. The number of aromatic nitrogens is 1. The van der Waals surface area contributed by atoms with Crippen molar-refractivity contribution in [3.8, 4) is 0 Å². The van der Waals surface area contributed by atoms with Gasteiger partial charge in [-0.25, -0.2) is 8.78 Å². The van der Waals surface area contributed by atoms with Crippen LogP contribution in [0.4, 0.5) is 8.78 Å². The third kappa shape index (κ3) is 3.74. The molecule has 0 N–H and O–H groups in total. The number of rotatable bonds is 5. The van der Waals surface area contributed by atoms with Crippen LogP contribution in [0.2, 0.25) is 0 Å². The zero-order chi connectivity index (χ0) is 13.7. The summed E-state index contributed by atoms with van der Waals surface area (Å²) in [5.74, 6) is -0.482. The van der Waals surface area contributed by atoms with E-state index in [4.69, 9.17) is 16.3 Å². The van der Waals surface area contributed by atoms with E-state index in [-0.39, 0.29) is 24.5 Å². The number of alkyl halides is 3. The fraction of sp³-hybridized carbons (Fsp3) is 0.455. The van der Waals surface area contributed by atoms with Crippen LogP contribution in [0, 0.1) is 3.57 Å². The second-order valence-corrected chi connectivity index (χ2v) is 4.71. The molecule has 100 valence electrons. The average Bonchev–Trinajstić information content (AvgIpc) is 2.31. The molecule has 0 spiro atoms. The molecular weight excluding hydrogens is 378 g/mol. The van der Waals surface area contributed by atoms with Gasteiger partial charge in [-0.15, -0.1) is 11.6 Å². The van der Waals surface area contributed by atoms with E-state index in [2.05, 4.69) is 4.98 Å². The number of nitrogens with zero attached hydrogens (tertiary/aromatic N) is 1. The van der Waals surface area contributed by atoms with Crippen molar-refractivity contribution in [2.24, 2.45) is 0 Å². The molecule has 1 aromatic rings. The maximum absolute atomic E-state index is 12.7. The smallest absolute Gasteiger partial charge is 0.311 e. The molecule has 0 bridgehead atoms. The van der Waals surface area contributed by atoms with Gasteiger partial charge in [0.05, 0.1) is 18.7 Å². The molecule has 0 aliphatic rings. The molecule has 0 amide bonds. The largest absolute Gasteiger partial charge is 0.466 e. The Morgan fingerprint density at radius 2 is 2.28 bits per heavy atom. The van der Waals surface area contributed by atoms with E-state index < -0.39 is 12.4 Å². The molecule has 0 saturated carbocycles. The van der Waals surface area contributed by atoms with Gasteiger partial charge in [-0.1, -0.05) is 0 Å². The summed E-state index contributed by atoms with van der Waals surface area (Å²) in [5, 5.41) is 0. The van der Waals surface area contributed by atoms with Gasteiger partial charge >= 0.3 is 5.97 Å². The van der Waals surface area contributed by atoms with E-state index in [1.807, 2.05) is 22.6 Å². The number of pyridine rings is 1. The van der Waals surface area contributed by atoms with Gasteiger partial charge in [-0.3, -0.25) is 9.78 Å². The van der Waals surface area contributed by atoms with Crippen molar-refractivity contribution in [2.75, 3.05) is 6.61 Å². The first-order valence-electron chi connectivity index (χ1n) is 5.17. The van der Waals surface area contributed by atoms with E-state index in [1.54, 1.807) is 6.92 Å². The molecular formula is C11H11ClF2INO2. The number of esters is 1.